The van der Waals surface area contributed by atoms with Crippen LogP contribution in [-0.2, 0) is 6.54 Å². The SMILES string of the molecule is O=[N+]([O-])c1cccc(C[NH+]2CCN(c3cccc(Cl)c3)CC2)c1. The molecule has 6 heteroatoms. The van der Waals surface area contributed by atoms with Gasteiger partial charge in [-0.25, -0.2) is 0 Å². The van der Waals surface area contributed by atoms with Gasteiger partial charge in [-0.15, -0.1) is 0 Å². The number of rotatable bonds is 4. The maximum atomic E-state index is 10.9. The quantitative estimate of drug-likeness (QED) is 0.689. The highest BCUT2D eigenvalue weighted by molar-refractivity contribution is 6.30. The van der Waals surface area contributed by atoms with E-state index < -0.39 is 0 Å². The van der Waals surface area contributed by atoms with Crippen molar-refractivity contribution in [1.29, 1.82) is 0 Å². The minimum atomic E-state index is -0.337. The Balaban J connectivity index is 1.59. The molecule has 1 aliphatic heterocycles. The Hall–Kier alpha value is -2.11. The van der Waals surface area contributed by atoms with Crippen LogP contribution >= 0.6 is 11.6 Å². The summed E-state index contributed by atoms with van der Waals surface area (Å²) in [4.78, 5) is 14.3. The van der Waals surface area contributed by atoms with Crippen LogP contribution in [0.4, 0.5) is 11.4 Å². The fourth-order valence-corrected chi connectivity index (χ4v) is 3.18. The Bertz CT molecular complexity index is 700. The Labute approximate surface area is 140 Å². The number of hydrogen-bond acceptors (Lipinski definition) is 3. The molecule has 1 N–H and O–H groups in total. The van der Waals surface area contributed by atoms with E-state index in [0.29, 0.717) is 0 Å². The maximum Gasteiger partial charge on any atom is 0.269 e. The van der Waals surface area contributed by atoms with Gasteiger partial charge in [-0.2, -0.15) is 0 Å². The van der Waals surface area contributed by atoms with Gasteiger partial charge in [-0.3, -0.25) is 10.1 Å². The van der Waals surface area contributed by atoms with Gasteiger partial charge in [0.2, 0.25) is 0 Å². The molecule has 0 aliphatic carbocycles. The molecular formula is C17H19ClN3O2+. The van der Waals surface area contributed by atoms with Gasteiger partial charge in [0, 0.05) is 28.4 Å². The van der Waals surface area contributed by atoms with Gasteiger partial charge in [0.15, 0.2) is 0 Å². The van der Waals surface area contributed by atoms with Crippen LogP contribution in [-0.4, -0.2) is 31.1 Å². The lowest BCUT2D eigenvalue weighted by Gasteiger charge is -2.33. The molecule has 0 unspecified atom stereocenters. The number of quaternary nitrogens is 1. The van der Waals surface area contributed by atoms with E-state index in [4.69, 9.17) is 11.6 Å². The third-order valence-electron chi connectivity index (χ3n) is 4.22. The average Bonchev–Trinajstić information content (AvgIpc) is 2.56. The molecule has 0 radical (unpaired) electrons. The Kier molecular flexibility index (Phi) is 4.79. The highest BCUT2D eigenvalue weighted by atomic mass is 35.5. The van der Waals surface area contributed by atoms with Crippen LogP contribution < -0.4 is 9.80 Å². The zero-order valence-corrected chi connectivity index (χ0v) is 13.5. The second-order valence-corrected chi connectivity index (χ2v) is 6.26. The van der Waals surface area contributed by atoms with Crippen molar-refractivity contribution >= 4 is 23.0 Å². The van der Waals surface area contributed by atoms with Gasteiger partial charge in [0.05, 0.1) is 31.1 Å². The lowest BCUT2D eigenvalue weighted by atomic mass is 10.1. The first kappa shape index (κ1) is 15.8. The molecule has 5 nitrogen and oxygen atoms in total. The number of non-ortho nitro benzene ring substituents is 1. The van der Waals surface area contributed by atoms with Crippen molar-refractivity contribution in [2.45, 2.75) is 6.54 Å². The van der Waals surface area contributed by atoms with Crippen molar-refractivity contribution in [2.75, 3.05) is 31.1 Å². The van der Waals surface area contributed by atoms with Crippen LogP contribution in [0, 0.1) is 10.1 Å². The summed E-state index contributed by atoms with van der Waals surface area (Å²) in [6.45, 7) is 4.77. The topological polar surface area (TPSA) is 50.8 Å². The lowest BCUT2D eigenvalue weighted by Crippen LogP contribution is -3.13. The summed E-state index contributed by atoms with van der Waals surface area (Å²) in [6, 6.07) is 14.9. The van der Waals surface area contributed by atoms with E-state index in [2.05, 4.69) is 11.0 Å². The summed E-state index contributed by atoms with van der Waals surface area (Å²) in [7, 11) is 0. The first-order valence-electron chi connectivity index (χ1n) is 7.69. The summed E-state index contributed by atoms with van der Waals surface area (Å²) in [5.41, 5.74) is 2.34. The van der Waals surface area contributed by atoms with Crippen LogP contribution in [0.2, 0.25) is 5.02 Å². The number of halogens is 1. The number of hydrogen-bond donors (Lipinski definition) is 1. The number of nitrogens with zero attached hydrogens (tertiary/aromatic N) is 2. The molecule has 120 valence electrons. The zero-order chi connectivity index (χ0) is 16.2. The molecule has 23 heavy (non-hydrogen) atoms. The van der Waals surface area contributed by atoms with Gasteiger partial charge in [-0.05, 0) is 18.2 Å². The molecule has 0 atom stereocenters. The second kappa shape index (κ2) is 6.98. The molecule has 1 heterocycles. The van der Waals surface area contributed by atoms with E-state index >= 15 is 0 Å². The van der Waals surface area contributed by atoms with Gasteiger partial charge in [0.1, 0.15) is 6.54 Å². The number of nitro benzene ring substituents is 1. The normalized spacial score (nSPS) is 15.6. The summed E-state index contributed by atoms with van der Waals surface area (Å²) in [5.74, 6) is 0. The predicted molar refractivity (Wildman–Crippen MR) is 91.2 cm³/mol. The van der Waals surface area contributed by atoms with E-state index in [0.717, 1.165) is 49.0 Å². The largest absolute Gasteiger partial charge is 0.360 e. The highest BCUT2D eigenvalue weighted by Crippen LogP contribution is 2.19. The number of benzene rings is 2. The van der Waals surface area contributed by atoms with E-state index in [1.54, 1.807) is 12.1 Å². The molecule has 3 rings (SSSR count). The molecule has 1 saturated heterocycles. The summed E-state index contributed by atoms with van der Waals surface area (Å²) in [5, 5.41) is 11.6. The van der Waals surface area contributed by atoms with Crippen LogP contribution in [0.5, 0.6) is 0 Å². The Morgan fingerprint density at radius 3 is 2.57 bits per heavy atom. The molecule has 2 aromatic rings. The highest BCUT2D eigenvalue weighted by Gasteiger charge is 2.21. The molecule has 0 saturated carbocycles. The van der Waals surface area contributed by atoms with E-state index in [1.165, 1.54) is 11.0 Å². The number of nitrogens with one attached hydrogen (secondary N) is 1. The first-order chi connectivity index (χ1) is 11.1. The standard InChI is InChI=1S/C17H18ClN3O2/c18-15-4-2-5-16(12-15)20-9-7-19(8-10-20)13-14-3-1-6-17(11-14)21(22)23/h1-6,11-12H,7-10,13H2/p+1. The van der Waals surface area contributed by atoms with Gasteiger partial charge in [0.25, 0.3) is 5.69 Å². The van der Waals surface area contributed by atoms with Gasteiger partial charge >= 0.3 is 0 Å². The van der Waals surface area contributed by atoms with Crippen LogP contribution in [0.3, 0.4) is 0 Å². The molecule has 1 fully saturated rings. The molecular weight excluding hydrogens is 314 g/mol. The minimum Gasteiger partial charge on any atom is -0.360 e. The van der Waals surface area contributed by atoms with Crippen molar-refractivity contribution in [3.63, 3.8) is 0 Å². The monoisotopic (exact) mass is 332 g/mol. The minimum absolute atomic E-state index is 0.166. The zero-order valence-electron chi connectivity index (χ0n) is 12.7. The molecule has 0 amide bonds. The van der Waals surface area contributed by atoms with E-state index in [-0.39, 0.29) is 10.6 Å². The fourth-order valence-electron chi connectivity index (χ4n) is 3.00. The lowest BCUT2D eigenvalue weighted by molar-refractivity contribution is -0.914. The molecule has 2 aromatic carbocycles. The number of anilines is 1. The Morgan fingerprint density at radius 2 is 1.87 bits per heavy atom. The number of nitro groups is 1. The average molecular weight is 333 g/mol. The van der Waals surface area contributed by atoms with Gasteiger partial charge < -0.3 is 9.80 Å². The van der Waals surface area contributed by atoms with Crippen molar-refractivity contribution in [1.82, 2.24) is 0 Å². The third kappa shape index (κ3) is 4.00. The molecule has 0 bridgehead atoms. The van der Waals surface area contributed by atoms with Crippen molar-refractivity contribution in [3.05, 3.63) is 69.2 Å². The van der Waals surface area contributed by atoms with Gasteiger partial charge in [-0.1, -0.05) is 29.8 Å². The molecule has 1 aliphatic rings. The summed E-state index contributed by atoms with van der Waals surface area (Å²) >= 11 is 6.05. The fraction of sp³-hybridized carbons (Fsp3) is 0.294. The summed E-state index contributed by atoms with van der Waals surface area (Å²) in [6.07, 6.45) is 0. The van der Waals surface area contributed by atoms with Crippen molar-refractivity contribution < 1.29 is 9.82 Å². The second-order valence-electron chi connectivity index (χ2n) is 5.82. The molecule has 0 aromatic heterocycles. The van der Waals surface area contributed by atoms with Crippen LogP contribution in [0.25, 0.3) is 0 Å². The first-order valence-corrected chi connectivity index (χ1v) is 8.07. The van der Waals surface area contributed by atoms with Crippen LogP contribution in [0.1, 0.15) is 5.56 Å². The third-order valence-corrected chi connectivity index (χ3v) is 4.45. The Morgan fingerprint density at radius 1 is 1.13 bits per heavy atom. The summed E-state index contributed by atoms with van der Waals surface area (Å²) < 4.78 is 0. The van der Waals surface area contributed by atoms with Crippen LogP contribution in [0.15, 0.2) is 48.5 Å². The van der Waals surface area contributed by atoms with E-state index in [9.17, 15) is 10.1 Å². The van der Waals surface area contributed by atoms with Crippen molar-refractivity contribution in [3.8, 4) is 0 Å². The maximum absolute atomic E-state index is 10.9. The number of piperazine rings is 1. The van der Waals surface area contributed by atoms with Crippen molar-refractivity contribution in [2.24, 2.45) is 0 Å². The smallest absolute Gasteiger partial charge is 0.269 e. The van der Waals surface area contributed by atoms with E-state index in [1.807, 2.05) is 24.3 Å². The molecule has 0 spiro atoms. The predicted octanol–water partition coefficient (Wildman–Crippen LogP) is 2.15.